The Kier molecular flexibility index (Phi) is 6.54. The summed E-state index contributed by atoms with van der Waals surface area (Å²) < 4.78 is 5.82. The van der Waals surface area contributed by atoms with Crippen molar-refractivity contribution < 1.29 is 19.4 Å². The summed E-state index contributed by atoms with van der Waals surface area (Å²) in [6, 6.07) is 16.0. The van der Waals surface area contributed by atoms with E-state index in [4.69, 9.17) is 9.84 Å². The van der Waals surface area contributed by atoms with E-state index in [1.165, 1.54) is 0 Å². The molecule has 2 rings (SSSR count). The van der Waals surface area contributed by atoms with E-state index in [2.05, 4.69) is 5.32 Å². The van der Waals surface area contributed by atoms with Gasteiger partial charge in [-0.15, -0.1) is 0 Å². The number of carbonyl (C=O) groups is 2. The molecule has 0 aliphatic heterocycles. The zero-order valence-electron chi connectivity index (χ0n) is 14.3. The van der Waals surface area contributed by atoms with Gasteiger partial charge in [-0.3, -0.25) is 14.5 Å². The number of para-hydroxylation sites is 3. The summed E-state index contributed by atoms with van der Waals surface area (Å²) in [6.07, 6.45) is -0.0121. The van der Waals surface area contributed by atoms with Crippen LogP contribution >= 0.6 is 0 Å². The minimum atomic E-state index is -0.888. The molecule has 0 heterocycles. The molecular formula is C19H22N2O4. The molecule has 2 aromatic carbocycles. The molecule has 1 unspecified atom stereocenters. The van der Waals surface area contributed by atoms with Crippen molar-refractivity contribution >= 4 is 17.6 Å². The smallest absolute Gasteiger partial charge is 0.304 e. The lowest BCUT2D eigenvalue weighted by atomic mass is 10.2. The normalized spacial score (nSPS) is 11.8. The van der Waals surface area contributed by atoms with Crippen molar-refractivity contribution in [2.45, 2.75) is 19.4 Å². The molecular weight excluding hydrogens is 320 g/mol. The minimum Gasteiger partial charge on any atom is -0.481 e. The number of hydrogen-bond acceptors (Lipinski definition) is 4. The first kappa shape index (κ1) is 18.5. The second kappa shape index (κ2) is 8.84. The highest BCUT2D eigenvalue weighted by molar-refractivity contribution is 5.95. The van der Waals surface area contributed by atoms with Crippen LogP contribution < -0.4 is 10.1 Å². The molecule has 0 bridgehead atoms. The number of nitrogens with zero attached hydrogens (tertiary/aromatic N) is 1. The molecule has 0 radical (unpaired) electrons. The number of anilines is 1. The van der Waals surface area contributed by atoms with Crippen molar-refractivity contribution in [3.63, 3.8) is 0 Å². The van der Waals surface area contributed by atoms with E-state index in [9.17, 15) is 9.59 Å². The number of rotatable bonds is 8. The third-order valence-corrected chi connectivity index (χ3v) is 3.83. The molecule has 0 spiro atoms. The van der Waals surface area contributed by atoms with Crippen LogP contribution in [0.1, 0.15) is 13.3 Å². The number of benzene rings is 2. The Morgan fingerprint density at radius 1 is 1.12 bits per heavy atom. The van der Waals surface area contributed by atoms with Crippen LogP contribution in [0.3, 0.4) is 0 Å². The summed E-state index contributed by atoms with van der Waals surface area (Å²) in [5.74, 6) is 0.108. The van der Waals surface area contributed by atoms with Gasteiger partial charge in [-0.1, -0.05) is 30.3 Å². The molecule has 132 valence electrons. The van der Waals surface area contributed by atoms with Crippen LogP contribution in [0.5, 0.6) is 11.5 Å². The van der Waals surface area contributed by atoms with Gasteiger partial charge in [0.25, 0.3) is 0 Å². The number of likely N-dealkylation sites (N-methyl/N-ethyl adjacent to an activating group) is 1. The molecule has 1 atom stereocenters. The molecule has 6 heteroatoms. The van der Waals surface area contributed by atoms with Crippen molar-refractivity contribution in [2.24, 2.45) is 0 Å². The SMILES string of the molecule is CC(C(=O)Nc1ccccc1Oc1ccccc1)N(C)CCC(=O)O. The van der Waals surface area contributed by atoms with Gasteiger partial charge in [0, 0.05) is 6.54 Å². The van der Waals surface area contributed by atoms with Crippen LogP contribution in [-0.4, -0.2) is 41.5 Å². The first-order valence-electron chi connectivity index (χ1n) is 8.02. The van der Waals surface area contributed by atoms with Gasteiger partial charge in [0.15, 0.2) is 5.75 Å². The third kappa shape index (κ3) is 5.61. The van der Waals surface area contributed by atoms with Gasteiger partial charge >= 0.3 is 5.97 Å². The average Bonchev–Trinajstić information content (AvgIpc) is 2.61. The van der Waals surface area contributed by atoms with Crippen LogP contribution in [0, 0.1) is 0 Å². The van der Waals surface area contributed by atoms with E-state index in [-0.39, 0.29) is 12.3 Å². The number of carboxylic acid groups (broad SMARTS) is 1. The predicted molar refractivity (Wildman–Crippen MR) is 95.9 cm³/mol. The van der Waals surface area contributed by atoms with Gasteiger partial charge in [-0.25, -0.2) is 0 Å². The van der Waals surface area contributed by atoms with Crippen molar-refractivity contribution in [1.82, 2.24) is 4.90 Å². The maximum Gasteiger partial charge on any atom is 0.304 e. The predicted octanol–water partition coefficient (Wildman–Crippen LogP) is 3.21. The lowest BCUT2D eigenvalue weighted by Crippen LogP contribution is -2.40. The topological polar surface area (TPSA) is 78.9 Å². The maximum absolute atomic E-state index is 12.4. The largest absolute Gasteiger partial charge is 0.481 e. The monoisotopic (exact) mass is 342 g/mol. The Balaban J connectivity index is 2.04. The molecule has 1 amide bonds. The Morgan fingerprint density at radius 2 is 1.76 bits per heavy atom. The van der Waals surface area contributed by atoms with Crippen LogP contribution in [0.15, 0.2) is 54.6 Å². The maximum atomic E-state index is 12.4. The zero-order chi connectivity index (χ0) is 18.2. The summed E-state index contributed by atoms with van der Waals surface area (Å²) in [7, 11) is 1.72. The Morgan fingerprint density at radius 3 is 2.44 bits per heavy atom. The van der Waals surface area contributed by atoms with Gasteiger partial charge in [-0.2, -0.15) is 0 Å². The molecule has 6 nitrogen and oxygen atoms in total. The number of carboxylic acids is 1. The molecule has 2 aromatic rings. The fourth-order valence-electron chi connectivity index (χ4n) is 2.18. The first-order valence-corrected chi connectivity index (χ1v) is 8.02. The summed E-state index contributed by atoms with van der Waals surface area (Å²) >= 11 is 0. The molecule has 0 aromatic heterocycles. The molecule has 0 fully saturated rings. The van der Waals surface area contributed by atoms with E-state index >= 15 is 0 Å². The van der Waals surface area contributed by atoms with Crippen LogP contribution in [0.2, 0.25) is 0 Å². The van der Waals surface area contributed by atoms with Gasteiger partial charge in [0.05, 0.1) is 18.2 Å². The van der Waals surface area contributed by atoms with E-state index in [0.29, 0.717) is 23.7 Å². The summed E-state index contributed by atoms with van der Waals surface area (Å²) in [5, 5.41) is 11.6. The fourth-order valence-corrected chi connectivity index (χ4v) is 2.18. The van der Waals surface area contributed by atoms with Gasteiger partial charge in [0.1, 0.15) is 5.75 Å². The standard InChI is InChI=1S/C19H22N2O4/c1-14(21(2)13-12-18(22)23)19(24)20-16-10-6-7-11-17(16)25-15-8-4-3-5-9-15/h3-11,14H,12-13H2,1-2H3,(H,20,24)(H,22,23). The lowest BCUT2D eigenvalue weighted by Gasteiger charge is -2.23. The molecule has 0 saturated heterocycles. The number of hydrogen-bond donors (Lipinski definition) is 2. The van der Waals surface area contributed by atoms with E-state index < -0.39 is 12.0 Å². The van der Waals surface area contributed by atoms with E-state index in [0.717, 1.165) is 0 Å². The van der Waals surface area contributed by atoms with Crippen molar-refractivity contribution in [3.05, 3.63) is 54.6 Å². The second-order valence-electron chi connectivity index (χ2n) is 5.70. The lowest BCUT2D eigenvalue weighted by molar-refractivity contribution is -0.137. The number of ether oxygens (including phenoxy) is 1. The van der Waals surface area contributed by atoms with E-state index in [1.54, 1.807) is 31.0 Å². The van der Waals surface area contributed by atoms with Crippen molar-refractivity contribution in [3.8, 4) is 11.5 Å². The Hall–Kier alpha value is -2.86. The second-order valence-corrected chi connectivity index (χ2v) is 5.70. The van der Waals surface area contributed by atoms with E-state index in [1.807, 2.05) is 42.5 Å². The van der Waals surface area contributed by atoms with Crippen LogP contribution in [-0.2, 0) is 9.59 Å². The Bertz CT molecular complexity index is 718. The molecule has 0 aliphatic carbocycles. The Labute approximate surface area is 147 Å². The van der Waals surface area contributed by atoms with Gasteiger partial charge in [-0.05, 0) is 38.2 Å². The fraction of sp³-hybridized carbons (Fsp3) is 0.263. The summed E-state index contributed by atoms with van der Waals surface area (Å²) in [6.45, 7) is 2.03. The highest BCUT2D eigenvalue weighted by atomic mass is 16.5. The summed E-state index contributed by atoms with van der Waals surface area (Å²) in [5.41, 5.74) is 0.565. The minimum absolute atomic E-state index is 0.0121. The number of amides is 1. The molecule has 2 N–H and O–H groups in total. The summed E-state index contributed by atoms with van der Waals surface area (Å²) in [4.78, 5) is 24.8. The molecule has 0 saturated carbocycles. The number of aliphatic carboxylic acids is 1. The third-order valence-electron chi connectivity index (χ3n) is 3.83. The molecule has 0 aliphatic rings. The highest BCUT2D eigenvalue weighted by Gasteiger charge is 2.19. The number of nitrogens with one attached hydrogen (secondary N) is 1. The van der Waals surface area contributed by atoms with Crippen LogP contribution in [0.4, 0.5) is 5.69 Å². The first-order chi connectivity index (χ1) is 12.0. The molecule has 25 heavy (non-hydrogen) atoms. The number of carbonyl (C=O) groups excluding carboxylic acids is 1. The van der Waals surface area contributed by atoms with Crippen LogP contribution in [0.25, 0.3) is 0 Å². The zero-order valence-corrected chi connectivity index (χ0v) is 14.3. The average molecular weight is 342 g/mol. The highest BCUT2D eigenvalue weighted by Crippen LogP contribution is 2.29. The van der Waals surface area contributed by atoms with Crippen molar-refractivity contribution in [2.75, 3.05) is 18.9 Å². The van der Waals surface area contributed by atoms with Gasteiger partial charge < -0.3 is 15.2 Å². The van der Waals surface area contributed by atoms with Gasteiger partial charge in [0.2, 0.25) is 5.91 Å². The quantitative estimate of drug-likeness (QED) is 0.770. The van der Waals surface area contributed by atoms with Crippen molar-refractivity contribution in [1.29, 1.82) is 0 Å².